The number of hydrogen-bond donors (Lipinski definition) is 2. The molecule has 8 heteroatoms. The predicted molar refractivity (Wildman–Crippen MR) is 109 cm³/mol. The van der Waals surface area contributed by atoms with Crippen molar-refractivity contribution in [2.75, 3.05) is 5.32 Å². The zero-order chi connectivity index (χ0) is 21.8. The molecule has 0 fully saturated rings. The second-order valence-electron chi connectivity index (χ2n) is 7.75. The molecule has 4 nitrogen and oxygen atoms in total. The van der Waals surface area contributed by atoms with Crippen LogP contribution in [-0.4, -0.2) is 16.9 Å². The number of anilines is 1. The zero-order valence-corrected chi connectivity index (χ0v) is 16.9. The van der Waals surface area contributed by atoms with E-state index in [1.54, 1.807) is 26.0 Å². The average molecular weight is 438 g/mol. The lowest BCUT2D eigenvalue weighted by Crippen LogP contribution is -2.55. The minimum absolute atomic E-state index is 0.231. The van der Waals surface area contributed by atoms with Crippen LogP contribution in [0.4, 0.5) is 18.9 Å². The van der Waals surface area contributed by atoms with Gasteiger partial charge in [-0.05, 0) is 60.2 Å². The van der Waals surface area contributed by atoms with Crippen LogP contribution in [0.3, 0.4) is 0 Å². The summed E-state index contributed by atoms with van der Waals surface area (Å²) in [6.45, 7) is 3.41. The van der Waals surface area contributed by atoms with Gasteiger partial charge in [0.15, 0.2) is 5.60 Å². The highest BCUT2D eigenvalue weighted by atomic mass is 35.5. The molecule has 0 saturated heterocycles. The first kappa shape index (κ1) is 20.8. The molecule has 2 N–H and O–H groups in total. The second-order valence-corrected chi connectivity index (χ2v) is 8.16. The van der Waals surface area contributed by atoms with Crippen LogP contribution in [0.25, 0.3) is 10.8 Å². The highest BCUT2D eigenvalue weighted by Gasteiger charge is 2.62. The number of benzene rings is 2. The number of fused-ring (bicyclic) bond motifs is 2. The summed E-state index contributed by atoms with van der Waals surface area (Å²) in [6, 6.07) is 7.73. The van der Waals surface area contributed by atoms with Crippen molar-refractivity contribution in [2.45, 2.75) is 44.0 Å². The molecule has 0 bridgehead atoms. The lowest BCUT2D eigenvalue weighted by molar-refractivity contribution is -0.272. The van der Waals surface area contributed by atoms with Gasteiger partial charge in [0.25, 0.3) is 0 Å². The predicted octanol–water partition coefficient (Wildman–Crippen LogP) is 5.71. The first-order chi connectivity index (χ1) is 14.0. The first-order valence-corrected chi connectivity index (χ1v) is 9.77. The molecule has 0 spiro atoms. The maximum Gasteiger partial charge on any atom is 0.419 e. The number of alkyl halides is 3. The van der Waals surface area contributed by atoms with Crippen molar-refractivity contribution >= 4 is 28.1 Å². The summed E-state index contributed by atoms with van der Waals surface area (Å²) in [7, 11) is 0. The van der Waals surface area contributed by atoms with Gasteiger partial charge in [0, 0.05) is 16.1 Å². The average Bonchev–Trinajstić information content (AvgIpc) is 2.67. The quantitative estimate of drug-likeness (QED) is 0.539. The van der Waals surface area contributed by atoms with Crippen LogP contribution in [0, 0.1) is 6.92 Å². The Morgan fingerprint density at radius 1 is 1.20 bits per heavy atom. The third-order valence-electron chi connectivity index (χ3n) is 5.91. The van der Waals surface area contributed by atoms with Crippen molar-refractivity contribution in [1.82, 2.24) is 0 Å². The minimum atomic E-state index is -4.88. The van der Waals surface area contributed by atoms with Gasteiger partial charge in [0.05, 0.1) is 17.7 Å². The third kappa shape index (κ3) is 3.08. The molecule has 1 aliphatic carbocycles. The van der Waals surface area contributed by atoms with E-state index in [4.69, 9.17) is 16.0 Å². The Labute approximate surface area is 175 Å². The third-order valence-corrected chi connectivity index (χ3v) is 6.32. The molecular formula is C22H19ClF3NO3. The molecule has 30 heavy (non-hydrogen) atoms. The summed E-state index contributed by atoms with van der Waals surface area (Å²) in [5.74, 6) is -0.553. The fraction of sp³-hybridized carbons (Fsp3) is 0.318. The molecular weight excluding hydrogens is 419 g/mol. The van der Waals surface area contributed by atoms with Gasteiger partial charge in [-0.25, -0.2) is 4.79 Å². The van der Waals surface area contributed by atoms with Crippen LogP contribution in [-0.2, 0) is 0 Å². The van der Waals surface area contributed by atoms with Crippen LogP contribution in [0.1, 0.15) is 42.0 Å². The van der Waals surface area contributed by atoms with Gasteiger partial charge in [-0.15, -0.1) is 0 Å². The van der Waals surface area contributed by atoms with Crippen LogP contribution in [0.2, 0.25) is 5.02 Å². The Bertz CT molecular complexity index is 1190. The normalized spacial score (nSPS) is 24.0. The van der Waals surface area contributed by atoms with Gasteiger partial charge in [0.2, 0.25) is 0 Å². The van der Waals surface area contributed by atoms with Gasteiger partial charge in [-0.1, -0.05) is 30.7 Å². The fourth-order valence-corrected chi connectivity index (χ4v) is 4.65. The van der Waals surface area contributed by atoms with Gasteiger partial charge in [0.1, 0.15) is 0 Å². The molecule has 0 amide bonds. The molecule has 1 heterocycles. The van der Waals surface area contributed by atoms with Crippen molar-refractivity contribution in [2.24, 2.45) is 0 Å². The topological polar surface area (TPSA) is 62.5 Å². The van der Waals surface area contributed by atoms with E-state index in [1.807, 2.05) is 0 Å². The molecule has 158 valence electrons. The molecule has 0 unspecified atom stereocenters. The van der Waals surface area contributed by atoms with Crippen LogP contribution in [0.15, 0.2) is 51.9 Å². The van der Waals surface area contributed by atoms with E-state index in [1.165, 1.54) is 30.5 Å². The number of hydrogen-bond acceptors (Lipinski definition) is 4. The lowest BCUT2D eigenvalue weighted by Gasteiger charge is -2.45. The van der Waals surface area contributed by atoms with Crippen molar-refractivity contribution in [3.63, 3.8) is 0 Å². The van der Waals surface area contributed by atoms with Gasteiger partial charge < -0.3 is 14.8 Å². The Balaban J connectivity index is 1.94. The number of rotatable bonds is 2. The maximum atomic E-state index is 14.1. The highest BCUT2D eigenvalue weighted by Crippen LogP contribution is 2.53. The molecule has 4 rings (SSSR count). The van der Waals surface area contributed by atoms with E-state index in [0.29, 0.717) is 32.8 Å². The monoisotopic (exact) mass is 437 g/mol. The molecule has 3 aromatic rings. The Morgan fingerprint density at radius 2 is 1.93 bits per heavy atom. The summed E-state index contributed by atoms with van der Waals surface area (Å²) >= 11 is 6.23. The standard InChI is InChI=1S/C22H19ClF3NO3/c1-11-10-21(29,22(24,25)26)19(15-6-7-16(23)12(2)18(11)15)27-17-5-3-4-14-13(17)8-9-30-20(14)28/h3-9,11,19,27,29H,10H2,1-2H3/t11-,19+,21-/m1/s1. The molecule has 1 aromatic heterocycles. The summed E-state index contributed by atoms with van der Waals surface area (Å²) in [6.07, 6.45) is -4.21. The van der Waals surface area contributed by atoms with E-state index in [0.717, 1.165) is 0 Å². The largest absolute Gasteiger partial charge is 0.431 e. The van der Waals surface area contributed by atoms with E-state index < -0.39 is 35.8 Å². The summed E-state index contributed by atoms with van der Waals surface area (Å²) in [4.78, 5) is 12.0. The van der Waals surface area contributed by atoms with E-state index in [2.05, 4.69) is 5.32 Å². The minimum Gasteiger partial charge on any atom is -0.431 e. The summed E-state index contributed by atoms with van der Waals surface area (Å²) in [5.41, 5.74) is -1.61. The smallest absolute Gasteiger partial charge is 0.419 e. The van der Waals surface area contributed by atoms with Crippen molar-refractivity contribution in [3.05, 3.63) is 74.8 Å². The zero-order valence-electron chi connectivity index (χ0n) is 16.2. The van der Waals surface area contributed by atoms with E-state index in [9.17, 15) is 23.1 Å². The molecule has 0 radical (unpaired) electrons. The van der Waals surface area contributed by atoms with E-state index in [-0.39, 0.29) is 5.39 Å². The SMILES string of the molecule is Cc1c(Cl)ccc2c1[C@H](C)C[C@](O)(C(F)(F)F)[C@H]2Nc1cccc2c(=O)occc12. The molecule has 0 aliphatic heterocycles. The van der Waals surface area contributed by atoms with Crippen LogP contribution in [0.5, 0.6) is 0 Å². The van der Waals surface area contributed by atoms with Crippen molar-refractivity contribution in [1.29, 1.82) is 0 Å². The van der Waals surface area contributed by atoms with Gasteiger partial charge >= 0.3 is 11.8 Å². The Kier molecular flexibility index (Phi) is 4.86. The number of aliphatic hydroxyl groups is 1. The molecule has 1 aliphatic rings. The fourth-order valence-electron chi connectivity index (χ4n) is 4.48. The van der Waals surface area contributed by atoms with Crippen molar-refractivity contribution < 1.29 is 22.7 Å². The molecule has 3 atom stereocenters. The summed E-state index contributed by atoms with van der Waals surface area (Å²) < 4.78 is 47.2. The maximum absolute atomic E-state index is 14.1. The van der Waals surface area contributed by atoms with E-state index >= 15 is 0 Å². The van der Waals surface area contributed by atoms with Crippen LogP contribution < -0.4 is 10.9 Å². The first-order valence-electron chi connectivity index (χ1n) is 9.39. The molecule has 0 saturated carbocycles. The van der Waals surface area contributed by atoms with Crippen molar-refractivity contribution in [3.8, 4) is 0 Å². The Hall–Kier alpha value is -2.51. The summed E-state index contributed by atoms with van der Waals surface area (Å²) in [5, 5.41) is 14.9. The van der Waals surface area contributed by atoms with Crippen LogP contribution >= 0.6 is 11.6 Å². The van der Waals surface area contributed by atoms with Gasteiger partial charge in [-0.3, -0.25) is 0 Å². The molecule has 2 aromatic carbocycles. The number of nitrogens with one attached hydrogen (secondary N) is 1. The second kappa shape index (κ2) is 7.03. The highest BCUT2D eigenvalue weighted by molar-refractivity contribution is 6.31. The Morgan fingerprint density at radius 3 is 2.63 bits per heavy atom. The number of halogens is 4. The van der Waals surface area contributed by atoms with Gasteiger partial charge in [-0.2, -0.15) is 13.2 Å². The lowest BCUT2D eigenvalue weighted by atomic mass is 9.69.